The molecular weight excluding hydrogens is 1010 g/mol. The first kappa shape index (κ1) is 53.4. The van der Waals surface area contributed by atoms with E-state index in [4.69, 9.17) is 10.8 Å². The van der Waals surface area contributed by atoms with E-state index in [0.29, 0.717) is 0 Å². The van der Waals surface area contributed by atoms with Crippen molar-refractivity contribution in [3.63, 3.8) is 0 Å². The average Bonchev–Trinajstić information content (AvgIpc) is 3.71. The van der Waals surface area contributed by atoms with Gasteiger partial charge in [-0.25, -0.2) is 0 Å². The van der Waals surface area contributed by atoms with Crippen LogP contribution in [0.25, 0.3) is 55.1 Å². The van der Waals surface area contributed by atoms with Crippen LogP contribution in [0, 0.1) is 40.0 Å². The van der Waals surface area contributed by atoms with Gasteiger partial charge >= 0.3 is 19.5 Å². The maximum atomic E-state index is 7.13. The molecule has 0 amide bonds. The summed E-state index contributed by atoms with van der Waals surface area (Å²) in [4.78, 5) is 21.2. The zero-order chi connectivity index (χ0) is 38.4. The number of hydrogen-bond donors (Lipinski definition) is 0. The van der Waals surface area contributed by atoms with Crippen LogP contribution in [0.5, 0.6) is 0 Å². The molecule has 56 heavy (non-hydrogen) atoms. The number of thiophene rings is 2. The summed E-state index contributed by atoms with van der Waals surface area (Å²) in [6.07, 6.45) is 7.16. The summed E-state index contributed by atoms with van der Waals surface area (Å²) in [5.74, 6) is 0. The van der Waals surface area contributed by atoms with Gasteiger partial charge in [-0.3, -0.25) is 31.3 Å². The van der Waals surface area contributed by atoms with E-state index in [1.54, 1.807) is 23.7 Å². The molecule has 0 aliphatic rings. The van der Waals surface area contributed by atoms with Crippen molar-refractivity contribution in [1.29, 1.82) is 0 Å². The van der Waals surface area contributed by atoms with Crippen LogP contribution >= 0.6 is 47.1 Å². The summed E-state index contributed by atoms with van der Waals surface area (Å²) in [7, 11) is 0. The summed E-state index contributed by atoms with van der Waals surface area (Å²) in [5.41, 5.74) is 6.12. The summed E-state index contributed by atoms with van der Waals surface area (Å²) in [5, 5.41) is 25.6. The Morgan fingerprint density at radius 1 is 0.500 bits per heavy atom. The van der Waals surface area contributed by atoms with Crippen LogP contribution in [0.3, 0.4) is 0 Å². The fraction of sp³-hybridized carbons (Fsp3) is 0.116. The van der Waals surface area contributed by atoms with E-state index in [1.165, 1.54) is 57.6 Å². The molecule has 6 nitrogen and oxygen atoms in total. The maximum Gasteiger partial charge on any atom is 2.00 e. The number of benzene rings is 2. The number of isothiocyanates is 2. The SMILES string of the molecule is Cc1ccnc(-c2cc(C)ccn2)c1.Cc1s[c-]c2ccccc12.Cc1sc(C)c2ccccc12.[N-]=C=S.[N-]=C=S.[Ru+2].[Y].[Y].c1ccc(-c2ccccn2)nc1. The van der Waals surface area contributed by atoms with Crippen LogP contribution in [0.2, 0.25) is 0 Å². The third-order valence-corrected chi connectivity index (χ3v) is 9.20. The molecule has 0 atom stereocenters. The topological polar surface area (TPSA) is 96.2 Å². The predicted octanol–water partition coefficient (Wildman–Crippen LogP) is 12.7. The van der Waals surface area contributed by atoms with E-state index in [0.717, 1.165) is 22.8 Å². The van der Waals surface area contributed by atoms with E-state index in [9.17, 15) is 0 Å². The quantitative estimate of drug-likeness (QED) is 0.0741. The van der Waals surface area contributed by atoms with Crippen molar-refractivity contribution in [3.8, 4) is 22.8 Å². The van der Waals surface area contributed by atoms with Gasteiger partial charge in [-0.05, 0) is 98.1 Å². The Morgan fingerprint density at radius 3 is 1.25 bits per heavy atom. The van der Waals surface area contributed by atoms with E-state index >= 15 is 0 Å². The van der Waals surface area contributed by atoms with Crippen molar-refractivity contribution in [3.05, 3.63) is 176 Å². The molecule has 6 aromatic heterocycles. The van der Waals surface area contributed by atoms with Crippen LogP contribution in [-0.4, -0.2) is 30.3 Å². The van der Waals surface area contributed by atoms with Gasteiger partial charge in [0.25, 0.3) is 0 Å². The van der Waals surface area contributed by atoms with Gasteiger partial charge < -0.3 is 10.8 Å². The Labute approximate surface area is 412 Å². The number of nitrogens with zero attached hydrogens (tertiary/aromatic N) is 6. The van der Waals surface area contributed by atoms with Crippen molar-refractivity contribution >= 4 is 79.0 Å². The largest absolute Gasteiger partial charge is 2.00 e. The third kappa shape index (κ3) is 18.3. The third-order valence-electron chi connectivity index (χ3n) is 7.30. The Morgan fingerprint density at radius 2 is 0.875 bits per heavy atom. The fourth-order valence-corrected chi connectivity index (χ4v) is 6.65. The first-order valence-corrected chi connectivity index (χ1v) is 18.7. The predicted molar refractivity (Wildman–Crippen MR) is 233 cm³/mol. The summed E-state index contributed by atoms with van der Waals surface area (Å²) >= 11 is 11.0. The monoisotopic (exact) mass is 1040 g/mol. The number of hydrogen-bond acceptors (Lipinski definition) is 8. The number of aryl methyl sites for hydroxylation is 5. The molecule has 0 N–H and O–H groups in total. The molecule has 6 heterocycles. The smallest absolute Gasteiger partial charge is 0.753 e. The molecule has 13 heteroatoms. The Balaban J connectivity index is 0.000000679. The molecule has 0 spiro atoms. The van der Waals surface area contributed by atoms with Gasteiger partial charge in [0.15, 0.2) is 0 Å². The molecule has 0 aliphatic carbocycles. The Kier molecular flexibility index (Phi) is 29.0. The Hall–Kier alpha value is -2.61. The second kappa shape index (κ2) is 30.5. The van der Waals surface area contributed by atoms with E-state index in [1.807, 2.05) is 90.5 Å². The summed E-state index contributed by atoms with van der Waals surface area (Å²) in [6, 6.07) is 36.6. The minimum atomic E-state index is 0. The van der Waals surface area contributed by atoms with Crippen molar-refractivity contribution in [2.75, 3.05) is 0 Å². The van der Waals surface area contributed by atoms with Gasteiger partial charge in [0.05, 0.1) is 22.8 Å². The molecule has 0 saturated carbocycles. The number of fused-ring (bicyclic) bond motifs is 2. The number of pyridine rings is 4. The number of thiocarbonyl (C=S) groups is 2. The minimum absolute atomic E-state index is 0. The van der Waals surface area contributed by atoms with Gasteiger partial charge in [-0.15, -0.1) is 45.2 Å². The summed E-state index contributed by atoms with van der Waals surface area (Å²) in [6.45, 7) is 10.6. The summed E-state index contributed by atoms with van der Waals surface area (Å²) < 4.78 is 0. The van der Waals surface area contributed by atoms with E-state index in [2.05, 4.69) is 127 Å². The van der Waals surface area contributed by atoms with Crippen molar-refractivity contribution < 1.29 is 84.9 Å². The molecule has 8 aromatic rings. The second-order valence-corrected chi connectivity index (χ2v) is 13.9. The van der Waals surface area contributed by atoms with Gasteiger partial charge in [-0.2, -0.15) is 10.3 Å². The minimum Gasteiger partial charge on any atom is -0.753 e. The van der Waals surface area contributed by atoms with E-state index in [-0.39, 0.29) is 84.9 Å². The molecule has 0 bridgehead atoms. The first-order valence-electron chi connectivity index (χ1n) is 16.2. The van der Waals surface area contributed by atoms with E-state index < -0.39 is 0 Å². The van der Waals surface area contributed by atoms with Gasteiger partial charge in [0.1, 0.15) is 0 Å². The standard InChI is InChI=1S/C12H12N2.C10H8N2.C10H10S.C9H7S.2CNS.Ru.2Y/c1-9-3-5-13-11(7-9)12-8-10(2)4-6-14-12;1-3-7-11-9(5-1)10-6-2-4-8-12-10;1-7-9-5-3-4-6-10(9)8(2)11-7;1-7-9-5-3-2-4-8(9)6-10-7;2*2-1-3;;;/h3-8H,1-2H3;1-8H;3-6H,1-2H3;2-5H,1H3;;;;;/q;;;3*-1;+2;;. The molecule has 0 aliphatic heterocycles. The molecule has 0 saturated heterocycles. The second-order valence-electron chi connectivity index (χ2n) is 11.1. The zero-order valence-corrected chi connectivity index (χ0v) is 42.2. The first-order chi connectivity index (χ1) is 25.7. The van der Waals surface area contributed by atoms with Gasteiger partial charge in [0.2, 0.25) is 0 Å². The molecule has 2 aromatic carbocycles. The van der Waals surface area contributed by atoms with Crippen molar-refractivity contribution in [2.24, 2.45) is 0 Å². The van der Waals surface area contributed by atoms with Crippen LogP contribution < -0.4 is 0 Å². The fourth-order valence-electron chi connectivity index (χ4n) is 4.88. The van der Waals surface area contributed by atoms with Crippen LogP contribution in [-0.2, 0) is 84.9 Å². The van der Waals surface area contributed by atoms with Gasteiger partial charge in [-0.1, -0.05) is 79.2 Å². The van der Waals surface area contributed by atoms with Crippen LogP contribution in [0.4, 0.5) is 0 Å². The van der Waals surface area contributed by atoms with Crippen LogP contribution in [0.1, 0.15) is 25.8 Å². The average molecular weight is 1040 g/mol. The molecule has 2 radical (unpaired) electrons. The molecule has 8 rings (SSSR count). The molecule has 0 unspecified atom stereocenters. The normalized spacial score (nSPS) is 8.88. The Bertz CT molecular complexity index is 2250. The molecular formula is C43H37N6RuS4Y2-. The van der Waals surface area contributed by atoms with Crippen molar-refractivity contribution in [1.82, 2.24) is 19.9 Å². The van der Waals surface area contributed by atoms with Gasteiger partial charge in [0, 0.05) is 100.0 Å². The molecule has 278 valence electrons. The number of rotatable bonds is 2. The zero-order valence-electron chi connectivity index (χ0n) is 31.5. The maximum absolute atomic E-state index is 7.13. The van der Waals surface area contributed by atoms with Crippen molar-refractivity contribution in [2.45, 2.75) is 34.6 Å². The molecule has 0 fully saturated rings. The number of aromatic nitrogens is 4. The van der Waals surface area contributed by atoms with Crippen LogP contribution in [0.15, 0.2) is 134 Å².